The van der Waals surface area contributed by atoms with Crippen LogP contribution in [0.1, 0.15) is 27.0 Å². The summed E-state index contributed by atoms with van der Waals surface area (Å²) in [6, 6.07) is 18.9. The second-order valence-corrected chi connectivity index (χ2v) is 7.24. The molecule has 0 saturated heterocycles. The molecule has 2 aromatic carbocycles. The first-order valence-corrected chi connectivity index (χ1v) is 9.22. The Balaban J connectivity index is 1.80. The van der Waals surface area contributed by atoms with Crippen LogP contribution in [0.15, 0.2) is 71.7 Å². The molecule has 0 unspecified atom stereocenters. The zero-order valence-corrected chi connectivity index (χ0v) is 16.5. The molecular weight excluding hydrogens is 350 g/mol. The highest BCUT2D eigenvalue weighted by atomic mass is 16.2. The third-order valence-electron chi connectivity index (χ3n) is 4.38. The molecule has 0 radical (unpaired) electrons. The largest absolute Gasteiger partial charge is 0.322 e. The van der Waals surface area contributed by atoms with E-state index in [9.17, 15) is 9.59 Å². The van der Waals surface area contributed by atoms with E-state index in [1.54, 1.807) is 22.9 Å². The molecule has 1 N–H and O–H groups in total. The number of aromatic nitrogens is 1. The van der Waals surface area contributed by atoms with Gasteiger partial charge in [-0.1, -0.05) is 42.0 Å². The van der Waals surface area contributed by atoms with E-state index in [2.05, 4.69) is 10.2 Å². The number of anilines is 1. The van der Waals surface area contributed by atoms with E-state index in [0.717, 1.165) is 23.2 Å². The fraction of sp³-hybridized carbons (Fsp3) is 0.217. The molecule has 0 aliphatic heterocycles. The number of amides is 1. The Morgan fingerprint density at radius 2 is 1.75 bits per heavy atom. The van der Waals surface area contributed by atoms with Crippen LogP contribution in [-0.4, -0.2) is 29.5 Å². The van der Waals surface area contributed by atoms with E-state index < -0.39 is 5.91 Å². The molecule has 0 atom stereocenters. The number of hydrogen-bond acceptors (Lipinski definition) is 3. The van der Waals surface area contributed by atoms with E-state index in [4.69, 9.17) is 0 Å². The topological polar surface area (TPSA) is 54.3 Å². The van der Waals surface area contributed by atoms with Crippen molar-refractivity contribution in [3.05, 3.63) is 99.5 Å². The standard InChI is InChI=1S/C23H25N3O2/c1-17-7-4-8-18(13-17)16-26-12-6-11-21(23(26)28)22(27)24-20-10-5-9-19(14-20)15-25(2)3/h4-14H,15-16H2,1-3H3,(H,24,27). The first-order chi connectivity index (χ1) is 13.4. The normalized spacial score (nSPS) is 10.9. The zero-order valence-electron chi connectivity index (χ0n) is 16.5. The summed E-state index contributed by atoms with van der Waals surface area (Å²) in [6.45, 7) is 3.22. The molecule has 5 nitrogen and oxygen atoms in total. The highest BCUT2D eigenvalue weighted by molar-refractivity contribution is 6.04. The highest BCUT2D eigenvalue weighted by Crippen LogP contribution is 2.13. The molecule has 0 fully saturated rings. The second kappa shape index (κ2) is 8.67. The van der Waals surface area contributed by atoms with Crippen LogP contribution in [0.2, 0.25) is 0 Å². The molecule has 0 saturated carbocycles. The first-order valence-electron chi connectivity index (χ1n) is 9.22. The lowest BCUT2D eigenvalue weighted by molar-refractivity contribution is 0.102. The van der Waals surface area contributed by atoms with Gasteiger partial charge in [0.15, 0.2) is 0 Å². The summed E-state index contributed by atoms with van der Waals surface area (Å²) in [5.74, 6) is -0.398. The minimum atomic E-state index is -0.398. The SMILES string of the molecule is Cc1cccc(Cn2cccc(C(=O)Nc3cccc(CN(C)C)c3)c2=O)c1. The number of hydrogen-bond donors (Lipinski definition) is 1. The molecule has 144 valence electrons. The van der Waals surface area contributed by atoms with Gasteiger partial charge >= 0.3 is 0 Å². The van der Waals surface area contributed by atoms with Crippen molar-refractivity contribution >= 4 is 11.6 Å². The van der Waals surface area contributed by atoms with Gasteiger partial charge in [0.2, 0.25) is 0 Å². The molecule has 1 heterocycles. The van der Waals surface area contributed by atoms with Crippen molar-refractivity contribution in [2.24, 2.45) is 0 Å². The Bertz CT molecular complexity index is 1040. The first kappa shape index (κ1) is 19.6. The fourth-order valence-electron chi connectivity index (χ4n) is 3.15. The second-order valence-electron chi connectivity index (χ2n) is 7.24. The quantitative estimate of drug-likeness (QED) is 0.717. The summed E-state index contributed by atoms with van der Waals surface area (Å²) in [7, 11) is 3.98. The van der Waals surface area contributed by atoms with Crippen LogP contribution in [0, 0.1) is 6.92 Å². The van der Waals surface area contributed by atoms with Gasteiger partial charge in [-0.2, -0.15) is 0 Å². The maximum atomic E-state index is 12.8. The van der Waals surface area contributed by atoms with Gasteiger partial charge in [-0.05, 0) is 56.4 Å². The van der Waals surface area contributed by atoms with Crippen LogP contribution in [0.5, 0.6) is 0 Å². The maximum Gasteiger partial charge on any atom is 0.263 e. The highest BCUT2D eigenvalue weighted by Gasteiger charge is 2.13. The van der Waals surface area contributed by atoms with Crippen molar-refractivity contribution in [1.82, 2.24) is 9.47 Å². The number of rotatable bonds is 6. The minimum absolute atomic E-state index is 0.133. The van der Waals surface area contributed by atoms with Crippen LogP contribution in [0.4, 0.5) is 5.69 Å². The zero-order chi connectivity index (χ0) is 20.1. The van der Waals surface area contributed by atoms with E-state index in [1.165, 1.54) is 0 Å². The Morgan fingerprint density at radius 1 is 1.00 bits per heavy atom. The Hall–Kier alpha value is -3.18. The van der Waals surface area contributed by atoms with Crippen molar-refractivity contribution in [2.45, 2.75) is 20.0 Å². The molecule has 0 bridgehead atoms. The van der Waals surface area contributed by atoms with Crippen LogP contribution >= 0.6 is 0 Å². The number of nitrogens with zero attached hydrogens (tertiary/aromatic N) is 2. The van der Waals surface area contributed by atoms with Crippen LogP contribution in [-0.2, 0) is 13.1 Å². The van der Waals surface area contributed by atoms with Gasteiger partial charge in [0, 0.05) is 18.4 Å². The lowest BCUT2D eigenvalue weighted by Crippen LogP contribution is -2.29. The van der Waals surface area contributed by atoms with Gasteiger partial charge in [-0.25, -0.2) is 0 Å². The molecule has 1 amide bonds. The number of benzene rings is 2. The van der Waals surface area contributed by atoms with Gasteiger partial charge in [0.1, 0.15) is 5.56 Å². The summed E-state index contributed by atoms with van der Waals surface area (Å²) in [5, 5.41) is 2.84. The van der Waals surface area contributed by atoms with Crippen molar-refractivity contribution in [1.29, 1.82) is 0 Å². The van der Waals surface area contributed by atoms with E-state index in [-0.39, 0.29) is 11.1 Å². The van der Waals surface area contributed by atoms with Crippen LogP contribution < -0.4 is 10.9 Å². The summed E-state index contributed by atoms with van der Waals surface area (Å²) in [5.41, 5.74) is 3.76. The molecule has 1 aromatic heterocycles. The molecule has 28 heavy (non-hydrogen) atoms. The van der Waals surface area contributed by atoms with Gasteiger partial charge in [0.25, 0.3) is 11.5 Å². The number of aryl methyl sites for hydroxylation is 1. The lowest BCUT2D eigenvalue weighted by Gasteiger charge is -2.12. The molecule has 3 rings (SSSR count). The molecule has 0 aliphatic carbocycles. The van der Waals surface area contributed by atoms with Gasteiger partial charge in [0.05, 0.1) is 6.54 Å². The summed E-state index contributed by atoms with van der Waals surface area (Å²) >= 11 is 0. The third kappa shape index (κ3) is 4.96. The van der Waals surface area contributed by atoms with Crippen molar-refractivity contribution in [2.75, 3.05) is 19.4 Å². The predicted molar refractivity (Wildman–Crippen MR) is 113 cm³/mol. The number of carbonyl (C=O) groups excluding carboxylic acids is 1. The summed E-state index contributed by atoms with van der Waals surface area (Å²) in [4.78, 5) is 27.5. The van der Waals surface area contributed by atoms with Crippen molar-refractivity contribution in [3.63, 3.8) is 0 Å². The Labute approximate surface area is 165 Å². The van der Waals surface area contributed by atoms with E-state index in [0.29, 0.717) is 12.2 Å². The van der Waals surface area contributed by atoms with Crippen molar-refractivity contribution in [3.8, 4) is 0 Å². The molecule has 0 spiro atoms. The average Bonchev–Trinajstić information content (AvgIpc) is 2.63. The van der Waals surface area contributed by atoms with E-state index in [1.807, 2.05) is 69.6 Å². The average molecular weight is 375 g/mol. The third-order valence-corrected chi connectivity index (χ3v) is 4.38. The Kier molecular flexibility index (Phi) is 6.06. The summed E-state index contributed by atoms with van der Waals surface area (Å²) < 4.78 is 1.56. The molecule has 3 aromatic rings. The number of pyridine rings is 1. The minimum Gasteiger partial charge on any atom is -0.322 e. The monoisotopic (exact) mass is 375 g/mol. The lowest BCUT2D eigenvalue weighted by atomic mass is 10.1. The number of carbonyl (C=O) groups is 1. The van der Waals surface area contributed by atoms with Crippen LogP contribution in [0.25, 0.3) is 0 Å². The predicted octanol–water partition coefficient (Wildman–Crippen LogP) is 3.52. The van der Waals surface area contributed by atoms with Gasteiger partial charge in [-0.15, -0.1) is 0 Å². The van der Waals surface area contributed by atoms with Gasteiger partial charge in [-0.3, -0.25) is 9.59 Å². The molecule has 5 heteroatoms. The smallest absolute Gasteiger partial charge is 0.263 e. The van der Waals surface area contributed by atoms with E-state index >= 15 is 0 Å². The van der Waals surface area contributed by atoms with Crippen molar-refractivity contribution < 1.29 is 4.79 Å². The summed E-state index contributed by atoms with van der Waals surface area (Å²) in [6.07, 6.45) is 1.71. The van der Waals surface area contributed by atoms with Gasteiger partial charge < -0.3 is 14.8 Å². The molecular formula is C23H25N3O2. The fourth-order valence-corrected chi connectivity index (χ4v) is 3.15. The maximum absolute atomic E-state index is 12.8. The van der Waals surface area contributed by atoms with Crippen LogP contribution in [0.3, 0.4) is 0 Å². The Morgan fingerprint density at radius 3 is 2.50 bits per heavy atom. The molecule has 0 aliphatic rings. The number of nitrogens with one attached hydrogen (secondary N) is 1.